The van der Waals surface area contributed by atoms with Crippen LogP contribution >= 0.6 is 11.6 Å². The van der Waals surface area contributed by atoms with Gasteiger partial charge in [0.2, 0.25) is 0 Å². The van der Waals surface area contributed by atoms with E-state index in [1.165, 1.54) is 18.2 Å². The Bertz CT molecular complexity index is 1130. The van der Waals surface area contributed by atoms with E-state index in [0.717, 1.165) is 24.3 Å². The van der Waals surface area contributed by atoms with Crippen LogP contribution in [-0.4, -0.2) is 9.97 Å². The summed E-state index contributed by atoms with van der Waals surface area (Å²) in [6.07, 6.45) is -7.02. The SMILES string of the molecule is O=c1nc(/C=C/c2ccc(-c3cc(C(F)(F)F)ccc3Cl)o2)cc(C(F)(F)F)[nH]1. The van der Waals surface area contributed by atoms with Gasteiger partial charge in [-0.25, -0.2) is 4.79 Å². The maximum atomic E-state index is 12.9. The van der Waals surface area contributed by atoms with Crippen molar-refractivity contribution in [1.29, 1.82) is 0 Å². The highest BCUT2D eigenvalue weighted by Gasteiger charge is 2.32. The molecule has 0 aliphatic rings. The van der Waals surface area contributed by atoms with Gasteiger partial charge in [0.05, 0.1) is 16.3 Å². The van der Waals surface area contributed by atoms with Crippen molar-refractivity contribution in [1.82, 2.24) is 9.97 Å². The summed E-state index contributed by atoms with van der Waals surface area (Å²) >= 11 is 5.94. The van der Waals surface area contributed by atoms with Crippen molar-refractivity contribution >= 4 is 23.8 Å². The Hall–Kier alpha value is -3.01. The lowest BCUT2D eigenvalue weighted by atomic mass is 10.1. The average Bonchev–Trinajstić information content (AvgIpc) is 3.07. The molecule has 11 heteroatoms. The molecule has 29 heavy (non-hydrogen) atoms. The molecule has 0 saturated heterocycles. The number of furan rings is 1. The minimum absolute atomic E-state index is 0.00483. The van der Waals surface area contributed by atoms with Crippen molar-refractivity contribution in [2.45, 2.75) is 12.4 Å². The molecule has 2 aromatic heterocycles. The van der Waals surface area contributed by atoms with Gasteiger partial charge < -0.3 is 9.40 Å². The van der Waals surface area contributed by atoms with Crippen molar-refractivity contribution in [2.24, 2.45) is 0 Å². The molecule has 0 fully saturated rings. The van der Waals surface area contributed by atoms with E-state index < -0.39 is 29.3 Å². The second kappa shape index (κ2) is 7.43. The fourth-order valence-electron chi connectivity index (χ4n) is 2.36. The zero-order chi connectivity index (χ0) is 21.4. The molecule has 1 N–H and O–H groups in total. The quantitative estimate of drug-likeness (QED) is 0.523. The minimum Gasteiger partial charge on any atom is -0.457 e. The molecule has 0 atom stereocenters. The number of halogens is 7. The van der Waals surface area contributed by atoms with Crippen LogP contribution in [0.3, 0.4) is 0 Å². The van der Waals surface area contributed by atoms with E-state index in [9.17, 15) is 31.1 Å². The van der Waals surface area contributed by atoms with E-state index in [1.54, 1.807) is 4.98 Å². The van der Waals surface area contributed by atoms with Crippen LogP contribution in [0.4, 0.5) is 26.3 Å². The number of aromatic nitrogens is 2. The Kier molecular flexibility index (Phi) is 5.31. The summed E-state index contributed by atoms with van der Waals surface area (Å²) in [5, 5.41) is 0.0222. The van der Waals surface area contributed by atoms with E-state index in [-0.39, 0.29) is 27.8 Å². The Labute approximate surface area is 163 Å². The molecule has 1 aromatic carbocycles. The first-order chi connectivity index (χ1) is 13.4. The summed E-state index contributed by atoms with van der Waals surface area (Å²) in [5.41, 5.74) is -3.66. The smallest absolute Gasteiger partial charge is 0.431 e. The first kappa shape index (κ1) is 20.7. The van der Waals surface area contributed by atoms with Crippen molar-refractivity contribution in [3.63, 3.8) is 0 Å². The highest BCUT2D eigenvalue weighted by Crippen LogP contribution is 2.36. The lowest BCUT2D eigenvalue weighted by molar-refractivity contribution is -0.141. The first-order valence-corrected chi connectivity index (χ1v) is 8.15. The van der Waals surface area contributed by atoms with Crippen molar-refractivity contribution in [2.75, 3.05) is 0 Å². The highest BCUT2D eigenvalue weighted by molar-refractivity contribution is 6.33. The molecule has 0 saturated carbocycles. The van der Waals surface area contributed by atoms with Gasteiger partial charge >= 0.3 is 18.0 Å². The molecular weight excluding hydrogens is 426 g/mol. The van der Waals surface area contributed by atoms with E-state index in [2.05, 4.69) is 4.98 Å². The van der Waals surface area contributed by atoms with Crippen LogP contribution in [0.25, 0.3) is 23.5 Å². The summed E-state index contributed by atoms with van der Waals surface area (Å²) in [4.78, 5) is 16.3. The monoisotopic (exact) mass is 434 g/mol. The van der Waals surface area contributed by atoms with Crippen LogP contribution in [0.1, 0.15) is 22.7 Å². The van der Waals surface area contributed by atoms with E-state index in [0.29, 0.717) is 6.07 Å². The van der Waals surface area contributed by atoms with Gasteiger partial charge in [-0.3, -0.25) is 0 Å². The number of nitrogens with one attached hydrogen (secondary N) is 1. The van der Waals surface area contributed by atoms with Gasteiger partial charge in [-0.05, 0) is 48.6 Å². The van der Waals surface area contributed by atoms with Gasteiger partial charge in [0.25, 0.3) is 0 Å². The van der Waals surface area contributed by atoms with E-state index >= 15 is 0 Å². The van der Waals surface area contributed by atoms with Crippen LogP contribution in [0.15, 0.2) is 45.6 Å². The number of hydrogen-bond acceptors (Lipinski definition) is 3. The first-order valence-electron chi connectivity index (χ1n) is 7.77. The predicted octanol–water partition coefficient (Wildman–Crippen LogP) is 5.89. The molecule has 2 heterocycles. The Morgan fingerprint density at radius 3 is 2.34 bits per heavy atom. The molecule has 0 bridgehead atoms. The van der Waals surface area contributed by atoms with Gasteiger partial charge in [-0.2, -0.15) is 31.3 Å². The second-order valence-electron chi connectivity index (χ2n) is 5.75. The number of rotatable bonds is 3. The third-order valence-electron chi connectivity index (χ3n) is 3.67. The standard InChI is InChI=1S/C18H9ClF6N2O2/c19-13-5-1-9(17(20,21)22)7-12(13)14-6-4-11(29-14)3-2-10-8-15(18(23,24)25)27-16(28)26-10/h1-8H,(H,26,27,28)/b3-2+. The largest absolute Gasteiger partial charge is 0.457 e. The van der Waals surface area contributed by atoms with Crippen LogP contribution in [-0.2, 0) is 12.4 Å². The van der Waals surface area contributed by atoms with Gasteiger partial charge in [0.15, 0.2) is 0 Å². The molecule has 0 aliphatic carbocycles. The number of benzene rings is 1. The fraction of sp³-hybridized carbons (Fsp3) is 0.111. The Morgan fingerprint density at radius 1 is 0.966 bits per heavy atom. The summed E-state index contributed by atoms with van der Waals surface area (Å²) < 4.78 is 82.2. The second-order valence-corrected chi connectivity index (χ2v) is 6.16. The molecule has 3 rings (SSSR count). The zero-order valence-corrected chi connectivity index (χ0v) is 14.8. The summed E-state index contributed by atoms with van der Waals surface area (Å²) in [5.74, 6) is 0.125. The van der Waals surface area contributed by atoms with Crippen LogP contribution in [0.2, 0.25) is 5.02 Å². The molecule has 152 valence electrons. The molecule has 0 aliphatic heterocycles. The summed E-state index contributed by atoms with van der Waals surface area (Å²) in [6, 6.07) is 6.09. The number of aromatic amines is 1. The van der Waals surface area contributed by atoms with Crippen molar-refractivity contribution in [3.8, 4) is 11.3 Å². The molecule has 0 spiro atoms. The molecule has 0 amide bonds. The molecule has 4 nitrogen and oxygen atoms in total. The molecule has 3 aromatic rings. The van der Waals surface area contributed by atoms with Crippen molar-refractivity contribution < 1.29 is 30.8 Å². The number of H-pyrrole nitrogens is 1. The minimum atomic E-state index is -4.76. The topological polar surface area (TPSA) is 58.9 Å². The average molecular weight is 435 g/mol. The maximum absolute atomic E-state index is 12.9. The van der Waals surface area contributed by atoms with Gasteiger partial charge in [0.1, 0.15) is 17.2 Å². The number of alkyl halides is 6. The lowest BCUT2D eigenvalue weighted by Crippen LogP contribution is -2.19. The summed E-state index contributed by atoms with van der Waals surface area (Å²) in [7, 11) is 0. The highest BCUT2D eigenvalue weighted by atomic mass is 35.5. The van der Waals surface area contributed by atoms with E-state index in [4.69, 9.17) is 16.0 Å². The molecule has 0 unspecified atom stereocenters. The van der Waals surface area contributed by atoms with E-state index in [1.807, 2.05) is 0 Å². The normalized spacial score (nSPS) is 12.7. The lowest BCUT2D eigenvalue weighted by Gasteiger charge is -2.09. The predicted molar refractivity (Wildman–Crippen MR) is 92.9 cm³/mol. The number of nitrogens with zero attached hydrogens (tertiary/aromatic N) is 1. The van der Waals surface area contributed by atoms with Crippen LogP contribution in [0, 0.1) is 0 Å². The van der Waals surface area contributed by atoms with Crippen LogP contribution < -0.4 is 5.69 Å². The van der Waals surface area contributed by atoms with Crippen LogP contribution in [0.5, 0.6) is 0 Å². The third-order valence-corrected chi connectivity index (χ3v) is 4.00. The molecular formula is C18H9ClF6N2O2. The van der Waals surface area contributed by atoms with Gasteiger partial charge in [-0.15, -0.1) is 0 Å². The van der Waals surface area contributed by atoms with Crippen molar-refractivity contribution in [3.05, 3.63) is 74.6 Å². The fourth-order valence-corrected chi connectivity index (χ4v) is 2.57. The Balaban J connectivity index is 1.91. The Morgan fingerprint density at radius 2 is 1.69 bits per heavy atom. The summed E-state index contributed by atoms with van der Waals surface area (Å²) in [6.45, 7) is 0. The third kappa shape index (κ3) is 4.89. The van der Waals surface area contributed by atoms with Gasteiger partial charge in [-0.1, -0.05) is 11.6 Å². The maximum Gasteiger partial charge on any atom is 0.431 e. The number of hydrogen-bond donors (Lipinski definition) is 1. The molecule has 0 radical (unpaired) electrons. The zero-order valence-electron chi connectivity index (χ0n) is 14.0. The van der Waals surface area contributed by atoms with Gasteiger partial charge in [0, 0.05) is 5.56 Å².